The Balaban J connectivity index is 1.61. The monoisotopic (exact) mass is 529 g/mol. The Hall–Kier alpha value is -4.57. The molecule has 0 saturated carbocycles. The minimum atomic E-state index is -1.08. The van der Waals surface area contributed by atoms with E-state index in [0.29, 0.717) is 39.6 Å². The number of Topliss-reactive ketones (excluding diaryl/α,β-unsaturated/α-hetero) is 1. The summed E-state index contributed by atoms with van der Waals surface area (Å²) in [6, 6.07) is 13.5. The summed E-state index contributed by atoms with van der Waals surface area (Å²) in [4.78, 5) is 48.0. The number of aliphatic hydroxyl groups is 1. The summed E-state index contributed by atoms with van der Waals surface area (Å²) in [5.41, 5.74) is 1.34. The van der Waals surface area contributed by atoms with E-state index >= 15 is 0 Å². The van der Waals surface area contributed by atoms with E-state index in [1.54, 1.807) is 48.7 Å². The molecule has 2 aromatic heterocycles. The second-order valence-electron chi connectivity index (χ2n) is 9.17. The van der Waals surface area contributed by atoms with Gasteiger partial charge in [0.25, 0.3) is 5.78 Å². The van der Waals surface area contributed by atoms with E-state index in [4.69, 9.17) is 4.74 Å². The Morgan fingerprint density at radius 1 is 1.08 bits per heavy atom. The first-order valence-corrected chi connectivity index (χ1v) is 12.6. The fourth-order valence-electron chi connectivity index (χ4n) is 4.16. The molecule has 1 fully saturated rings. The molecule has 192 valence electrons. The third-order valence-corrected chi connectivity index (χ3v) is 7.00. The maximum atomic E-state index is 13.4. The molecule has 1 aliphatic rings. The summed E-state index contributed by atoms with van der Waals surface area (Å²) in [5.74, 6) is -2.16. The number of ether oxygens (including phenoxy) is 1. The van der Waals surface area contributed by atoms with Gasteiger partial charge in [0, 0.05) is 18.0 Å². The highest BCUT2D eigenvalue weighted by atomic mass is 32.1. The molecule has 0 aliphatic carbocycles. The lowest BCUT2D eigenvalue weighted by atomic mass is 9.96. The molecule has 3 heterocycles. The van der Waals surface area contributed by atoms with Gasteiger partial charge in [-0.15, -0.1) is 0 Å². The topological polar surface area (TPSA) is 130 Å². The van der Waals surface area contributed by atoms with E-state index in [1.165, 1.54) is 23.2 Å². The Morgan fingerprint density at radius 3 is 2.47 bits per heavy atom. The number of fused-ring (bicyclic) bond motifs is 1. The summed E-state index contributed by atoms with van der Waals surface area (Å²) in [6.07, 6.45) is 3.09. The number of amides is 1. The van der Waals surface area contributed by atoms with Gasteiger partial charge in [-0.3, -0.25) is 19.5 Å². The number of hydrogen-bond acceptors (Lipinski definition) is 8. The molecule has 1 aliphatic heterocycles. The predicted octanol–water partition coefficient (Wildman–Crippen LogP) is 5.05. The molecule has 9 nitrogen and oxygen atoms in total. The number of carboxylic acids is 1. The fourth-order valence-corrected chi connectivity index (χ4v) is 5.19. The van der Waals surface area contributed by atoms with Crippen LogP contribution in [0.15, 0.2) is 72.6 Å². The van der Waals surface area contributed by atoms with Gasteiger partial charge < -0.3 is 14.9 Å². The zero-order valence-electron chi connectivity index (χ0n) is 20.5. The van der Waals surface area contributed by atoms with Crippen LogP contribution < -0.4 is 9.64 Å². The highest BCUT2D eigenvalue weighted by molar-refractivity contribution is 7.22. The lowest BCUT2D eigenvalue weighted by Crippen LogP contribution is -2.29. The second-order valence-corrected chi connectivity index (χ2v) is 10.2. The van der Waals surface area contributed by atoms with Crippen LogP contribution >= 0.6 is 11.3 Å². The molecule has 2 N–H and O–H groups in total. The molecule has 1 amide bonds. The minimum absolute atomic E-state index is 0.0828. The van der Waals surface area contributed by atoms with Gasteiger partial charge in [0.15, 0.2) is 5.13 Å². The maximum absolute atomic E-state index is 13.4. The van der Waals surface area contributed by atoms with E-state index < -0.39 is 23.7 Å². The maximum Gasteiger partial charge on any atom is 0.335 e. The number of aromatic carboxylic acids is 1. The van der Waals surface area contributed by atoms with Gasteiger partial charge in [0.05, 0.1) is 34.0 Å². The van der Waals surface area contributed by atoms with Crippen LogP contribution in [0.25, 0.3) is 16.0 Å². The first-order chi connectivity index (χ1) is 18.2. The zero-order chi connectivity index (χ0) is 27.0. The molecule has 5 rings (SSSR count). The SMILES string of the molecule is CC(C)COc1ccc(/C(O)=C2\C(=O)C(=O)N(c3nc4ccc(C(=O)O)cc4s3)C2c2cccnc2)cc1. The van der Waals surface area contributed by atoms with Crippen molar-refractivity contribution >= 4 is 50.1 Å². The molecule has 1 atom stereocenters. The van der Waals surface area contributed by atoms with E-state index in [9.17, 15) is 24.6 Å². The molecule has 0 bridgehead atoms. The largest absolute Gasteiger partial charge is 0.507 e. The molecule has 1 unspecified atom stereocenters. The quantitative estimate of drug-likeness (QED) is 0.193. The molecular weight excluding hydrogens is 506 g/mol. The van der Waals surface area contributed by atoms with Crippen LogP contribution in [0.3, 0.4) is 0 Å². The first kappa shape index (κ1) is 25.1. The summed E-state index contributed by atoms with van der Waals surface area (Å²) in [6.45, 7) is 4.61. The summed E-state index contributed by atoms with van der Waals surface area (Å²) < 4.78 is 6.25. The van der Waals surface area contributed by atoms with Crippen molar-refractivity contribution in [2.45, 2.75) is 19.9 Å². The van der Waals surface area contributed by atoms with Crippen molar-refractivity contribution in [3.63, 3.8) is 0 Å². The lowest BCUT2D eigenvalue weighted by Gasteiger charge is -2.22. The molecule has 0 spiro atoms. The van der Waals surface area contributed by atoms with Gasteiger partial charge >= 0.3 is 11.9 Å². The van der Waals surface area contributed by atoms with Crippen molar-refractivity contribution in [1.29, 1.82) is 0 Å². The van der Waals surface area contributed by atoms with E-state index in [1.807, 2.05) is 13.8 Å². The molecule has 2 aromatic carbocycles. The van der Waals surface area contributed by atoms with Crippen molar-refractivity contribution in [2.75, 3.05) is 11.5 Å². The third kappa shape index (κ3) is 4.61. The number of rotatable bonds is 7. The number of hydrogen-bond donors (Lipinski definition) is 2. The molecule has 10 heteroatoms. The Labute approximate surface area is 221 Å². The van der Waals surface area contributed by atoms with Crippen molar-refractivity contribution in [2.24, 2.45) is 5.92 Å². The van der Waals surface area contributed by atoms with Crippen LogP contribution in [0.4, 0.5) is 5.13 Å². The smallest absolute Gasteiger partial charge is 0.335 e. The second kappa shape index (κ2) is 10.1. The van der Waals surface area contributed by atoms with Gasteiger partial charge in [-0.05, 0) is 60.0 Å². The average molecular weight is 530 g/mol. The summed E-state index contributed by atoms with van der Waals surface area (Å²) in [7, 11) is 0. The van der Waals surface area contributed by atoms with Crippen LogP contribution in [-0.2, 0) is 9.59 Å². The third-order valence-electron chi connectivity index (χ3n) is 5.99. The Kier molecular flexibility index (Phi) is 6.64. The lowest BCUT2D eigenvalue weighted by molar-refractivity contribution is -0.132. The highest BCUT2D eigenvalue weighted by Crippen LogP contribution is 2.44. The normalized spacial score (nSPS) is 16.9. The van der Waals surface area contributed by atoms with Crippen LogP contribution in [0.2, 0.25) is 0 Å². The number of anilines is 1. The van der Waals surface area contributed by atoms with Gasteiger partial charge in [0.1, 0.15) is 11.5 Å². The predicted molar refractivity (Wildman–Crippen MR) is 142 cm³/mol. The van der Waals surface area contributed by atoms with Crippen molar-refractivity contribution < 1.29 is 29.3 Å². The van der Waals surface area contributed by atoms with Crippen LogP contribution in [0.1, 0.15) is 41.4 Å². The molecule has 1 saturated heterocycles. The minimum Gasteiger partial charge on any atom is -0.507 e. The summed E-state index contributed by atoms with van der Waals surface area (Å²) >= 11 is 1.09. The zero-order valence-corrected chi connectivity index (χ0v) is 21.3. The standard InChI is InChI=1S/C28H23N3O6S/c1-15(2)14-37-19-8-5-16(6-9-19)24(32)22-23(18-4-3-11-29-13-18)31(26(34)25(22)33)28-30-20-10-7-17(27(35)36)12-21(20)38-28/h3-13,15,23,32H,14H2,1-2H3,(H,35,36)/b24-22+. The van der Waals surface area contributed by atoms with Crippen LogP contribution in [0.5, 0.6) is 5.75 Å². The first-order valence-electron chi connectivity index (χ1n) is 11.8. The Morgan fingerprint density at radius 2 is 1.82 bits per heavy atom. The van der Waals surface area contributed by atoms with Crippen LogP contribution in [0, 0.1) is 5.92 Å². The summed E-state index contributed by atoms with van der Waals surface area (Å²) in [5, 5.41) is 20.8. The molecule has 0 radical (unpaired) electrons. The number of pyridine rings is 1. The van der Waals surface area contributed by atoms with Gasteiger partial charge in [-0.2, -0.15) is 0 Å². The average Bonchev–Trinajstić information content (AvgIpc) is 3.45. The molecule has 4 aromatic rings. The highest BCUT2D eigenvalue weighted by Gasteiger charge is 2.48. The number of aliphatic hydroxyl groups excluding tert-OH is 1. The number of nitrogens with zero attached hydrogens (tertiary/aromatic N) is 3. The Bertz CT molecular complexity index is 1580. The van der Waals surface area contributed by atoms with Gasteiger partial charge in [0.2, 0.25) is 0 Å². The van der Waals surface area contributed by atoms with E-state index in [-0.39, 0.29) is 22.0 Å². The van der Waals surface area contributed by atoms with Crippen molar-refractivity contribution in [3.8, 4) is 5.75 Å². The number of carbonyl (C=O) groups is 3. The van der Waals surface area contributed by atoms with Gasteiger partial charge in [-0.25, -0.2) is 9.78 Å². The number of carboxylic acid groups (broad SMARTS) is 1. The van der Waals surface area contributed by atoms with E-state index in [2.05, 4.69) is 9.97 Å². The molecular formula is C28H23N3O6S. The van der Waals surface area contributed by atoms with Crippen LogP contribution in [-0.4, -0.2) is 44.4 Å². The van der Waals surface area contributed by atoms with E-state index in [0.717, 1.165) is 11.3 Å². The number of aromatic nitrogens is 2. The number of carbonyl (C=O) groups excluding carboxylic acids is 2. The number of thiazole rings is 1. The molecule has 38 heavy (non-hydrogen) atoms. The fraction of sp³-hybridized carbons (Fsp3) is 0.179. The van der Waals surface area contributed by atoms with Crippen molar-refractivity contribution in [3.05, 3.63) is 89.3 Å². The van der Waals surface area contributed by atoms with Crippen molar-refractivity contribution in [1.82, 2.24) is 9.97 Å². The van der Waals surface area contributed by atoms with Gasteiger partial charge in [-0.1, -0.05) is 31.3 Å². The number of ketones is 1. The number of benzene rings is 2.